The lowest BCUT2D eigenvalue weighted by Gasteiger charge is -2.24. The number of benzene rings is 4. The van der Waals surface area contributed by atoms with Gasteiger partial charge in [-0.2, -0.15) is 0 Å². The molecule has 6 heteroatoms. The summed E-state index contributed by atoms with van der Waals surface area (Å²) in [5.74, 6) is -1.73. The number of aryl methyl sites for hydroxylation is 1. The van der Waals surface area contributed by atoms with E-state index in [2.05, 4.69) is 50.2 Å². The van der Waals surface area contributed by atoms with Crippen LogP contribution in [0.2, 0.25) is 0 Å². The molecule has 0 aromatic heterocycles. The van der Waals surface area contributed by atoms with Crippen LogP contribution < -0.4 is 4.90 Å². The molecule has 4 rings (SSSR count). The van der Waals surface area contributed by atoms with Crippen LogP contribution in [0.15, 0.2) is 97.1 Å². The van der Waals surface area contributed by atoms with Crippen molar-refractivity contribution in [2.24, 2.45) is 0 Å². The number of rotatable bonds is 13. The predicted octanol–water partition coefficient (Wildman–Crippen LogP) is 7.33. The SMILES string of the molecule is CCCCc1ccc(C(C)c2ccc(CN(C(=O)COCc3ccccc3)c3ccc(O)c(C(=O)O)c3)cc2)cc1. The Balaban J connectivity index is 1.50. The maximum absolute atomic E-state index is 13.3. The summed E-state index contributed by atoms with van der Waals surface area (Å²) in [4.78, 5) is 26.5. The molecule has 41 heavy (non-hydrogen) atoms. The van der Waals surface area contributed by atoms with Crippen molar-refractivity contribution in [2.45, 2.75) is 52.2 Å². The Bertz CT molecular complexity index is 1430. The van der Waals surface area contributed by atoms with E-state index in [1.54, 1.807) is 0 Å². The molecule has 1 unspecified atom stereocenters. The highest BCUT2D eigenvalue weighted by Crippen LogP contribution is 2.28. The summed E-state index contributed by atoms with van der Waals surface area (Å²) in [7, 11) is 0. The largest absolute Gasteiger partial charge is 0.507 e. The summed E-state index contributed by atoms with van der Waals surface area (Å²) in [6.45, 7) is 4.70. The van der Waals surface area contributed by atoms with Crippen molar-refractivity contribution in [3.63, 3.8) is 0 Å². The molecule has 1 atom stereocenters. The Kier molecular flexibility index (Phi) is 10.3. The average Bonchev–Trinajstić information content (AvgIpc) is 2.99. The summed E-state index contributed by atoms with van der Waals surface area (Å²) >= 11 is 0. The van der Waals surface area contributed by atoms with Crippen LogP contribution in [0.4, 0.5) is 5.69 Å². The van der Waals surface area contributed by atoms with Crippen LogP contribution >= 0.6 is 0 Å². The lowest BCUT2D eigenvalue weighted by molar-refractivity contribution is -0.123. The number of carboxylic acid groups (broad SMARTS) is 1. The molecule has 0 saturated heterocycles. The van der Waals surface area contributed by atoms with Gasteiger partial charge in [0.2, 0.25) is 0 Å². The first-order valence-electron chi connectivity index (χ1n) is 14.0. The van der Waals surface area contributed by atoms with Crippen molar-refractivity contribution in [3.8, 4) is 5.75 Å². The standard InChI is InChI=1S/C35H37NO5/c1-3-4-8-26-11-15-29(16-12-26)25(2)30-17-13-27(14-18-30)22-36(31-19-20-33(37)32(21-31)35(39)40)34(38)24-41-23-28-9-6-5-7-10-28/h5-7,9-21,25,37H,3-4,8,22-24H2,1-2H3,(H,39,40). The number of hydrogen-bond acceptors (Lipinski definition) is 4. The summed E-state index contributed by atoms with van der Waals surface area (Å²) < 4.78 is 5.70. The Hall–Kier alpha value is -4.42. The third-order valence-corrected chi connectivity index (χ3v) is 7.28. The summed E-state index contributed by atoms with van der Waals surface area (Å²) in [6.07, 6.45) is 3.47. The molecular formula is C35H37NO5. The minimum absolute atomic E-state index is 0.179. The van der Waals surface area contributed by atoms with Crippen molar-refractivity contribution >= 4 is 17.6 Å². The maximum atomic E-state index is 13.3. The molecule has 2 N–H and O–H groups in total. The quantitative estimate of drug-likeness (QED) is 0.182. The molecule has 4 aromatic rings. The first kappa shape index (κ1) is 29.6. The topological polar surface area (TPSA) is 87.1 Å². The number of hydrogen-bond donors (Lipinski definition) is 2. The van der Waals surface area contributed by atoms with Crippen molar-refractivity contribution in [2.75, 3.05) is 11.5 Å². The molecule has 1 amide bonds. The normalized spacial score (nSPS) is 11.7. The third kappa shape index (κ3) is 8.05. The van der Waals surface area contributed by atoms with Gasteiger partial charge in [-0.25, -0.2) is 4.79 Å². The molecule has 212 valence electrons. The molecule has 0 fully saturated rings. The van der Waals surface area contributed by atoms with E-state index in [1.807, 2.05) is 42.5 Å². The van der Waals surface area contributed by atoms with Gasteiger partial charge in [0.25, 0.3) is 5.91 Å². The minimum atomic E-state index is -1.27. The number of carboxylic acids is 1. The Labute approximate surface area is 241 Å². The van der Waals surface area contributed by atoms with Crippen LogP contribution in [0.1, 0.15) is 70.8 Å². The van der Waals surface area contributed by atoms with Gasteiger partial charge in [0.15, 0.2) is 0 Å². The number of amides is 1. The van der Waals surface area contributed by atoms with Crippen LogP contribution in [-0.2, 0) is 29.1 Å². The number of ether oxygens (including phenoxy) is 1. The molecular weight excluding hydrogens is 514 g/mol. The first-order chi connectivity index (χ1) is 19.9. The van der Waals surface area contributed by atoms with Crippen LogP contribution in [-0.4, -0.2) is 28.7 Å². The Morgan fingerprint density at radius 2 is 1.46 bits per heavy atom. The van der Waals surface area contributed by atoms with E-state index in [9.17, 15) is 19.8 Å². The highest BCUT2D eigenvalue weighted by Gasteiger charge is 2.20. The second-order valence-corrected chi connectivity index (χ2v) is 10.3. The van der Waals surface area contributed by atoms with Gasteiger partial charge in [0, 0.05) is 11.6 Å². The number of nitrogens with zero attached hydrogens (tertiary/aromatic N) is 1. The van der Waals surface area contributed by atoms with Crippen LogP contribution in [0.3, 0.4) is 0 Å². The zero-order valence-corrected chi connectivity index (χ0v) is 23.6. The van der Waals surface area contributed by atoms with Crippen molar-refractivity contribution in [1.82, 2.24) is 0 Å². The molecule has 0 aliphatic carbocycles. The molecule has 6 nitrogen and oxygen atoms in total. The number of phenols is 1. The van der Waals surface area contributed by atoms with Gasteiger partial charge in [-0.15, -0.1) is 0 Å². The Morgan fingerprint density at radius 1 is 0.829 bits per heavy atom. The lowest BCUT2D eigenvalue weighted by Crippen LogP contribution is -2.33. The first-order valence-corrected chi connectivity index (χ1v) is 14.0. The van der Waals surface area contributed by atoms with Gasteiger partial charge in [0.1, 0.15) is 17.9 Å². The van der Waals surface area contributed by atoms with Gasteiger partial charge >= 0.3 is 5.97 Å². The Morgan fingerprint density at radius 3 is 2.07 bits per heavy atom. The van der Waals surface area contributed by atoms with Gasteiger partial charge in [-0.05, 0) is 58.9 Å². The second kappa shape index (κ2) is 14.3. The summed E-state index contributed by atoms with van der Waals surface area (Å²) in [5, 5.41) is 19.5. The fraction of sp³-hybridized carbons (Fsp3) is 0.257. The van der Waals surface area contributed by atoms with Crippen LogP contribution in [0.5, 0.6) is 5.75 Å². The molecule has 0 saturated carbocycles. The summed E-state index contributed by atoms with van der Waals surface area (Å²) in [6, 6.07) is 30.7. The van der Waals surface area contributed by atoms with Crippen molar-refractivity contribution < 1.29 is 24.5 Å². The fourth-order valence-electron chi connectivity index (χ4n) is 4.74. The molecule has 4 aromatic carbocycles. The van der Waals surface area contributed by atoms with Gasteiger partial charge in [0.05, 0.1) is 13.2 Å². The lowest BCUT2D eigenvalue weighted by atomic mass is 9.91. The third-order valence-electron chi connectivity index (χ3n) is 7.28. The smallest absolute Gasteiger partial charge is 0.339 e. The fourth-order valence-corrected chi connectivity index (χ4v) is 4.74. The van der Waals surface area contributed by atoms with E-state index in [0.717, 1.165) is 23.1 Å². The van der Waals surface area contributed by atoms with Gasteiger partial charge in [-0.3, -0.25) is 4.79 Å². The number of anilines is 1. The van der Waals surface area contributed by atoms with E-state index in [-0.39, 0.29) is 42.9 Å². The van der Waals surface area contributed by atoms with Crippen molar-refractivity contribution in [1.29, 1.82) is 0 Å². The highest BCUT2D eigenvalue weighted by atomic mass is 16.5. The highest BCUT2D eigenvalue weighted by molar-refractivity contribution is 5.97. The summed E-state index contributed by atoms with van der Waals surface area (Å²) in [5.41, 5.74) is 5.70. The average molecular weight is 552 g/mol. The van der Waals surface area contributed by atoms with E-state index < -0.39 is 5.97 Å². The molecule has 0 aliphatic rings. The van der Waals surface area contributed by atoms with Gasteiger partial charge < -0.3 is 19.8 Å². The number of aromatic hydroxyl groups is 1. The molecule has 0 bridgehead atoms. The van der Waals surface area contributed by atoms with E-state index >= 15 is 0 Å². The zero-order chi connectivity index (χ0) is 29.2. The number of unbranched alkanes of at least 4 members (excludes halogenated alkanes) is 1. The minimum Gasteiger partial charge on any atom is -0.507 e. The zero-order valence-electron chi connectivity index (χ0n) is 23.6. The van der Waals surface area contributed by atoms with Gasteiger partial charge in [-0.1, -0.05) is 99.1 Å². The van der Waals surface area contributed by atoms with E-state index in [0.29, 0.717) is 5.69 Å². The maximum Gasteiger partial charge on any atom is 0.339 e. The predicted molar refractivity (Wildman–Crippen MR) is 161 cm³/mol. The molecule has 0 spiro atoms. The molecule has 0 aliphatic heterocycles. The van der Waals surface area contributed by atoms with Crippen LogP contribution in [0.25, 0.3) is 0 Å². The van der Waals surface area contributed by atoms with E-state index in [4.69, 9.17) is 4.74 Å². The molecule has 0 radical (unpaired) electrons. The monoisotopic (exact) mass is 551 g/mol. The molecule has 0 heterocycles. The van der Waals surface area contributed by atoms with E-state index in [1.165, 1.54) is 47.1 Å². The number of carbonyl (C=O) groups is 2. The number of carbonyl (C=O) groups excluding carboxylic acids is 1. The van der Waals surface area contributed by atoms with Crippen molar-refractivity contribution in [3.05, 3.63) is 130 Å². The number of aromatic carboxylic acids is 1. The van der Waals surface area contributed by atoms with Crippen LogP contribution in [0, 0.1) is 0 Å². The second-order valence-electron chi connectivity index (χ2n) is 10.3.